The molecular weight excluding hydrogens is 434 g/mol. The van der Waals surface area contributed by atoms with Gasteiger partial charge in [0.1, 0.15) is 5.82 Å². The number of carbonyl (C=O) groups is 2. The number of carbonyl (C=O) groups excluding carboxylic acids is 1. The van der Waals surface area contributed by atoms with Crippen molar-refractivity contribution < 1.29 is 14.7 Å². The Kier molecular flexibility index (Phi) is 9.91. The van der Waals surface area contributed by atoms with Crippen molar-refractivity contribution in [1.29, 1.82) is 0 Å². The minimum absolute atomic E-state index is 0.000383. The van der Waals surface area contributed by atoms with Gasteiger partial charge in [0, 0.05) is 24.6 Å². The van der Waals surface area contributed by atoms with Crippen molar-refractivity contribution in [1.82, 2.24) is 14.9 Å². The third-order valence-electron chi connectivity index (χ3n) is 5.17. The van der Waals surface area contributed by atoms with Crippen LogP contribution in [-0.4, -0.2) is 32.3 Å². The predicted molar refractivity (Wildman–Crippen MR) is 127 cm³/mol. The molecule has 170 valence electrons. The molecule has 1 aromatic heterocycles. The van der Waals surface area contributed by atoms with Crippen LogP contribution < -0.4 is 5.32 Å². The molecule has 2 aromatic rings. The summed E-state index contributed by atoms with van der Waals surface area (Å²) in [5.74, 6) is 0.706. The van der Waals surface area contributed by atoms with Crippen LogP contribution in [0.25, 0.3) is 0 Å². The Labute approximate surface area is 194 Å². The van der Waals surface area contributed by atoms with Gasteiger partial charge >= 0.3 is 5.97 Å². The van der Waals surface area contributed by atoms with Gasteiger partial charge in [0.2, 0.25) is 5.91 Å². The molecule has 0 aliphatic heterocycles. The number of halogens is 1. The molecule has 0 aliphatic rings. The van der Waals surface area contributed by atoms with Gasteiger partial charge in [-0.05, 0) is 36.5 Å². The molecule has 8 heteroatoms. The molecule has 2 rings (SSSR count). The Hall–Kier alpha value is -1.99. The summed E-state index contributed by atoms with van der Waals surface area (Å²) >= 11 is 10.5. The fraction of sp³-hybridized carbons (Fsp3) is 0.522. The first-order valence-corrected chi connectivity index (χ1v) is 11.7. The van der Waals surface area contributed by atoms with Gasteiger partial charge in [-0.25, -0.2) is 9.78 Å². The molecule has 0 spiro atoms. The Bertz CT molecular complexity index is 898. The van der Waals surface area contributed by atoms with Gasteiger partial charge in [-0.1, -0.05) is 44.9 Å². The number of amides is 1. The number of carboxylic acids is 1. The summed E-state index contributed by atoms with van der Waals surface area (Å²) in [6, 6.07) is 4.96. The van der Waals surface area contributed by atoms with Gasteiger partial charge in [-0.3, -0.25) is 4.79 Å². The van der Waals surface area contributed by atoms with Crippen LogP contribution in [-0.2, 0) is 24.3 Å². The van der Waals surface area contributed by atoms with E-state index in [1.54, 1.807) is 18.3 Å². The number of benzene rings is 1. The largest absolute Gasteiger partial charge is 0.478 e. The molecule has 0 fully saturated rings. The van der Waals surface area contributed by atoms with E-state index in [9.17, 15) is 14.7 Å². The lowest BCUT2D eigenvalue weighted by Gasteiger charge is -2.18. The van der Waals surface area contributed by atoms with Crippen molar-refractivity contribution >= 4 is 36.1 Å². The molecule has 1 atom stereocenters. The fourth-order valence-electron chi connectivity index (χ4n) is 3.49. The number of rotatable bonds is 12. The molecule has 0 saturated carbocycles. The number of aromatic carboxylic acids is 1. The average Bonchev–Trinajstić information content (AvgIpc) is 3.09. The molecule has 0 saturated heterocycles. The van der Waals surface area contributed by atoms with Gasteiger partial charge in [-0.15, -0.1) is 0 Å². The van der Waals surface area contributed by atoms with Crippen molar-refractivity contribution in [2.24, 2.45) is 11.8 Å². The molecule has 31 heavy (non-hydrogen) atoms. The smallest absolute Gasteiger partial charge is 0.337 e. The lowest BCUT2D eigenvalue weighted by Crippen LogP contribution is -2.32. The molecule has 0 aliphatic carbocycles. The minimum Gasteiger partial charge on any atom is -0.478 e. The highest BCUT2D eigenvalue weighted by molar-refractivity contribution is 7.80. The zero-order valence-corrected chi connectivity index (χ0v) is 20.0. The SMILES string of the molecule is CCCCc1ncc(CNC(=O)[C@@H](CS)CC(C)C)n1Cc1ccc(C(=O)O)c(Cl)c1. The molecule has 0 bridgehead atoms. The van der Waals surface area contributed by atoms with Gasteiger partial charge in [-0.2, -0.15) is 12.6 Å². The number of unbranched alkanes of at least 4 members (excludes halogenated alkanes) is 1. The van der Waals surface area contributed by atoms with Gasteiger partial charge < -0.3 is 15.0 Å². The second-order valence-corrected chi connectivity index (χ2v) is 8.97. The van der Waals surface area contributed by atoms with E-state index in [4.69, 9.17) is 11.6 Å². The Morgan fingerprint density at radius 1 is 1.32 bits per heavy atom. The van der Waals surface area contributed by atoms with Crippen LogP contribution in [0.1, 0.15) is 67.5 Å². The van der Waals surface area contributed by atoms with E-state index in [0.29, 0.717) is 24.8 Å². The minimum atomic E-state index is -1.05. The van der Waals surface area contributed by atoms with E-state index < -0.39 is 5.97 Å². The van der Waals surface area contributed by atoms with Crippen LogP contribution in [0.5, 0.6) is 0 Å². The first-order chi connectivity index (χ1) is 14.8. The Morgan fingerprint density at radius 3 is 2.65 bits per heavy atom. The Morgan fingerprint density at radius 2 is 2.06 bits per heavy atom. The maximum absolute atomic E-state index is 12.6. The molecule has 1 aromatic carbocycles. The summed E-state index contributed by atoms with van der Waals surface area (Å²) in [5.41, 5.74) is 1.87. The van der Waals surface area contributed by atoms with E-state index in [1.165, 1.54) is 6.07 Å². The second-order valence-electron chi connectivity index (χ2n) is 8.20. The van der Waals surface area contributed by atoms with Gasteiger partial charge in [0.25, 0.3) is 0 Å². The summed E-state index contributed by atoms with van der Waals surface area (Å²) in [6.07, 6.45) is 5.49. The monoisotopic (exact) mass is 465 g/mol. The third kappa shape index (κ3) is 7.28. The van der Waals surface area contributed by atoms with Gasteiger partial charge in [0.15, 0.2) is 0 Å². The topological polar surface area (TPSA) is 84.2 Å². The predicted octanol–water partition coefficient (Wildman–Crippen LogP) is 4.83. The summed E-state index contributed by atoms with van der Waals surface area (Å²) < 4.78 is 2.08. The first kappa shape index (κ1) is 25.3. The van der Waals surface area contributed by atoms with E-state index in [-0.39, 0.29) is 22.4 Å². The number of nitrogens with zero attached hydrogens (tertiary/aromatic N) is 2. The van der Waals surface area contributed by atoms with Crippen molar-refractivity contribution in [3.63, 3.8) is 0 Å². The molecule has 6 nitrogen and oxygen atoms in total. The zero-order valence-electron chi connectivity index (χ0n) is 18.4. The number of aryl methyl sites for hydroxylation is 1. The van der Waals surface area contributed by atoms with Crippen LogP contribution in [0.2, 0.25) is 5.02 Å². The second kappa shape index (κ2) is 12.2. The summed E-state index contributed by atoms with van der Waals surface area (Å²) in [7, 11) is 0. The van der Waals surface area contributed by atoms with Crippen molar-refractivity contribution in [3.8, 4) is 0 Å². The molecule has 2 N–H and O–H groups in total. The highest BCUT2D eigenvalue weighted by atomic mass is 35.5. The molecule has 1 heterocycles. The normalized spacial score (nSPS) is 12.2. The van der Waals surface area contributed by atoms with E-state index in [0.717, 1.165) is 42.8 Å². The molecule has 1 amide bonds. The van der Waals surface area contributed by atoms with Crippen molar-refractivity contribution in [2.75, 3.05) is 5.75 Å². The van der Waals surface area contributed by atoms with Crippen LogP contribution >= 0.6 is 24.2 Å². The van der Waals surface area contributed by atoms with Crippen molar-refractivity contribution in [3.05, 3.63) is 52.1 Å². The average molecular weight is 466 g/mol. The lowest BCUT2D eigenvalue weighted by molar-refractivity contribution is -0.124. The van der Waals surface area contributed by atoms with Crippen LogP contribution in [0.3, 0.4) is 0 Å². The summed E-state index contributed by atoms with van der Waals surface area (Å²) in [4.78, 5) is 28.4. The number of hydrogen-bond acceptors (Lipinski definition) is 4. The van der Waals surface area contributed by atoms with Crippen LogP contribution in [0.15, 0.2) is 24.4 Å². The number of imidazole rings is 1. The number of aromatic nitrogens is 2. The Balaban J connectivity index is 2.21. The maximum atomic E-state index is 12.6. The standard InChI is InChI=1S/C23H32ClN3O3S/c1-4-5-6-21-25-11-18(12-26-22(28)17(14-31)9-15(2)3)27(21)13-16-7-8-19(23(29)30)20(24)10-16/h7-8,10-11,15,17,31H,4-6,9,12-14H2,1-3H3,(H,26,28)(H,29,30)/t17-/m1/s1. The van der Waals surface area contributed by atoms with E-state index in [2.05, 4.69) is 48.3 Å². The van der Waals surface area contributed by atoms with Crippen LogP contribution in [0, 0.1) is 11.8 Å². The fourth-order valence-corrected chi connectivity index (χ4v) is 4.09. The quantitative estimate of drug-likeness (QED) is 0.392. The number of carboxylic acid groups (broad SMARTS) is 1. The maximum Gasteiger partial charge on any atom is 0.337 e. The highest BCUT2D eigenvalue weighted by Crippen LogP contribution is 2.20. The summed E-state index contributed by atoms with van der Waals surface area (Å²) in [5, 5.41) is 12.4. The number of nitrogens with one attached hydrogen (secondary N) is 1. The lowest BCUT2D eigenvalue weighted by atomic mass is 9.98. The van der Waals surface area contributed by atoms with Crippen LogP contribution in [0.4, 0.5) is 0 Å². The highest BCUT2D eigenvalue weighted by Gasteiger charge is 2.19. The molecule has 0 radical (unpaired) electrons. The van der Waals surface area contributed by atoms with E-state index >= 15 is 0 Å². The summed E-state index contributed by atoms with van der Waals surface area (Å²) in [6.45, 7) is 7.21. The van der Waals surface area contributed by atoms with E-state index in [1.807, 2.05) is 0 Å². The molecule has 0 unspecified atom stereocenters. The van der Waals surface area contributed by atoms with Gasteiger partial charge in [0.05, 0.1) is 29.0 Å². The number of thiol groups is 1. The number of hydrogen-bond donors (Lipinski definition) is 3. The zero-order chi connectivity index (χ0) is 23.0. The third-order valence-corrected chi connectivity index (χ3v) is 5.92. The van der Waals surface area contributed by atoms with Crippen molar-refractivity contribution in [2.45, 2.75) is 59.5 Å². The molecular formula is C23H32ClN3O3S. The first-order valence-electron chi connectivity index (χ1n) is 10.7.